The van der Waals surface area contributed by atoms with E-state index in [1.807, 2.05) is 19.9 Å². The number of rotatable bonds is 3. The van der Waals surface area contributed by atoms with Crippen molar-refractivity contribution in [1.29, 1.82) is 5.26 Å². The molecule has 142 valence electrons. The van der Waals surface area contributed by atoms with Gasteiger partial charge in [-0.3, -0.25) is 9.88 Å². The van der Waals surface area contributed by atoms with Crippen molar-refractivity contribution in [3.63, 3.8) is 0 Å². The first-order chi connectivity index (χ1) is 12.8. The molecule has 2 N–H and O–H groups in total. The van der Waals surface area contributed by atoms with Crippen LogP contribution in [0.4, 0.5) is 10.6 Å². The lowest BCUT2D eigenvalue weighted by Gasteiger charge is -2.24. The van der Waals surface area contributed by atoms with E-state index < -0.39 is 24.2 Å². The Balaban J connectivity index is 1.80. The summed E-state index contributed by atoms with van der Waals surface area (Å²) in [6, 6.07) is 1.81. The van der Waals surface area contributed by atoms with Crippen molar-refractivity contribution in [1.82, 2.24) is 19.5 Å². The van der Waals surface area contributed by atoms with Gasteiger partial charge in [0, 0.05) is 5.75 Å². The Bertz CT molecular complexity index is 956. The monoisotopic (exact) mass is 392 g/mol. The first-order valence-electron chi connectivity index (χ1n) is 8.09. The molecule has 0 saturated carbocycles. The predicted molar refractivity (Wildman–Crippen MR) is 93.3 cm³/mol. The first kappa shape index (κ1) is 17.9. The fourth-order valence-electron chi connectivity index (χ4n) is 3.37. The molecule has 0 aliphatic carbocycles. The summed E-state index contributed by atoms with van der Waals surface area (Å²) in [5, 5.41) is 20.3. The molecule has 2 saturated heterocycles. The molecule has 0 radical (unpaired) electrons. The van der Waals surface area contributed by atoms with Crippen molar-refractivity contribution < 1.29 is 24.1 Å². The Morgan fingerprint density at radius 1 is 1.44 bits per heavy atom. The topological polar surface area (TPSA) is 144 Å². The fraction of sp³-hybridized carbons (Fsp3) is 0.533. The standard InChI is InChI=1S/C15H16N6O5S/c1-15(2)25-9-6(4-27)24-13(10(9)26-15)21-5-17-8-11(20-14(22)23)18-7(3-16)19-12(8)21/h5-6,9-10,13,27H,4H2,1-2H3,(H,22,23)(H,18,19,20)/t6-,9-,10-,13-/m1/s1. The number of anilines is 1. The summed E-state index contributed by atoms with van der Waals surface area (Å²) < 4.78 is 19.6. The lowest BCUT2D eigenvalue weighted by atomic mass is 10.1. The van der Waals surface area contributed by atoms with Crippen molar-refractivity contribution in [2.45, 2.75) is 44.2 Å². The van der Waals surface area contributed by atoms with Gasteiger partial charge in [0.05, 0.1) is 12.4 Å². The quantitative estimate of drug-likeness (QED) is 0.655. The van der Waals surface area contributed by atoms with E-state index in [0.717, 1.165) is 0 Å². The first-order valence-corrected chi connectivity index (χ1v) is 8.73. The maximum Gasteiger partial charge on any atom is 0.410 e. The van der Waals surface area contributed by atoms with Gasteiger partial charge in [-0.25, -0.2) is 9.78 Å². The van der Waals surface area contributed by atoms with E-state index in [-0.39, 0.29) is 35.0 Å². The number of ether oxygens (including phenoxy) is 3. The number of thiol groups is 1. The summed E-state index contributed by atoms with van der Waals surface area (Å²) in [7, 11) is 0. The van der Waals surface area contributed by atoms with Crippen LogP contribution in [0.1, 0.15) is 25.9 Å². The maximum atomic E-state index is 11.0. The van der Waals surface area contributed by atoms with E-state index >= 15 is 0 Å². The third-order valence-electron chi connectivity index (χ3n) is 4.33. The van der Waals surface area contributed by atoms with Gasteiger partial charge in [-0.2, -0.15) is 27.9 Å². The molecule has 0 bridgehead atoms. The number of aromatic nitrogens is 4. The molecule has 1 amide bonds. The van der Waals surface area contributed by atoms with Crippen LogP contribution in [-0.4, -0.2) is 60.6 Å². The maximum absolute atomic E-state index is 11.0. The minimum atomic E-state index is -1.32. The third kappa shape index (κ3) is 2.98. The number of nitrogens with zero attached hydrogens (tertiary/aromatic N) is 5. The molecule has 4 heterocycles. The lowest BCUT2D eigenvalue weighted by molar-refractivity contribution is -0.193. The molecule has 27 heavy (non-hydrogen) atoms. The van der Waals surface area contributed by atoms with Crippen LogP contribution < -0.4 is 5.32 Å². The number of hydrogen-bond acceptors (Lipinski definition) is 9. The number of carboxylic acid groups (broad SMARTS) is 1. The summed E-state index contributed by atoms with van der Waals surface area (Å²) in [5.74, 6) is -0.629. The SMILES string of the molecule is CC1(C)O[C@@H]2[C@H](O1)[C@@H](CS)O[C@H]2n1cnc2c(NC(=O)O)nc(C#N)nc21. The molecule has 4 rings (SSSR count). The van der Waals surface area contributed by atoms with Crippen LogP contribution in [0, 0.1) is 11.3 Å². The van der Waals surface area contributed by atoms with E-state index in [0.29, 0.717) is 5.75 Å². The lowest BCUT2D eigenvalue weighted by Crippen LogP contribution is -2.30. The zero-order valence-corrected chi connectivity index (χ0v) is 15.3. The highest BCUT2D eigenvalue weighted by atomic mass is 32.1. The molecule has 0 aromatic carbocycles. The molecule has 4 atom stereocenters. The van der Waals surface area contributed by atoms with Crippen LogP contribution in [0.25, 0.3) is 11.2 Å². The van der Waals surface area contributed by atoms with Gasteiger partial charge >= 0.3 is 6.09 Å². The van der Waals surface area contributed by atoms with Crippen molar-refractivity contribution >= 4 is 35.7 Å². The number of carbonyl (C=O) groups is 1. The van der Waals surface area contributed by atoms with E-state index in [1.54, 1.807) is 4.57 Å². The Labute approximate surface area is 158 Å². The van der Waals surface area contributed by atoms with Crippen LogP contribution in [0.15, 0.2) is 6.33 Å². The summed E-state index contributed by atoms with van der Waals surface area (Å²) >= 11 is 4.32. The van der Waals surface area contributed by atoms with Crippen molar-refractivity contribution in [2.24, 2.45) is 0 Å². The van der Waals surface area contributed by atoms with Gasteiger partial charge in [0.1, 0.15) is 18.3 Å². The number of nitriles is 1. The second-order valence-corrected chi connectivity index (χ2v) is 6.94. The van der Waals surface area contributed by atoms with Crippen LogP contribution in [0.2, 0.25) is 0 Å². The summed E-state index contributed by atoms with van der Waals surface area (Å²) in [4.78, 5) is 23.3. The third-order valence-corrected chi connectivity index (χ3v) is 4.69. The van der Waals surface area contributed by atoms with E-state index in [9.17, 15) is 10.1 Å². The molecule has 2 fully saturated rings. The molecule has 11 nitrogen and oxygen atoms in total. The fourth-order valence-corrected chi connectivity index (χ4v) is 3.67. The normalized spacial score (nSPS) is 28.8. The number of fused-ring (bicyclic) bond motifs is 2. The second kappa shape index (κ2) is 6.31. The minimum absolute atomic E-state index is 0.0768. The molecular weight excluding hydrogens is 376 g/mol. The van der Waals surface area contributed by atoms with E-state index in [4.69, 9.17) is 19.3 Å². The average Bonchev–Trinajstić information content (AvgIpc) is 3.24. The van der Waals surface area contributed by atoms with Gasteiger partial charge in [-0.1, -0.05) is 0 Å². The number of hydrogen-bond donors (Lipinski definition) is 3. The highest BCUT2D eigenvalue weighted by molar-refractivity contribution is 7.80. The molecule has 2 aromatic heterocycles. The van der Waals surface area contributed by atoms with Crippen molar-refractivity contribution in [2.75, 3.05) is 11.1 Å². The number of amides is 1. The zero-order valence-electron chi connectivity index (χ0n) is 14.4. The van der Waals surface area contributed by atoms with Crippen LogP contribution in [-0.2, 0) is 14.2 Å². The van der Waals surface area contributed by atoms with E-state index in [2.05, 4.69) is 32.9 Å². The molecule has 2 aliphatic heterocycles. The Hall–Kier alpha value is -2.46. The molecule has 0 unspecified atom stereocenters. The van der Waals surface area contributed by atoms with Gasteiger partial charge in [-0.05, 0) is 13.8 Å². The number of nitrogens with one attached hydrogen (secondary N) is 1. The van der Waals surface area contributed by atoms with Crippen LogP contribution in [0.3, 0.4) is 0 Å². The minimum Gasteiger partial charge on any atom is -0.465 e. The molecule has 12 heteroatoms. The molecular formula is C15H16N6O5S. The average molecular weight is 392 g/mol. The summed E-state index contributed by atoms with van der Waals surface area (Å²) in [5.41, 5.74) is 0.450. The van der Waals surface area contributed by atoms with Gasteiger partial charge < -0.3 is 19.3 Å². The Morgan fingerprint density at radius 2 is 2.19 bits per heavy atom. The van der Waals surface area contributed by atoms with Gasteiger partial charge in [0.15, 0.2) is 29.0 Å². The Morgan fingerprint density at radius 3 is 2.85 bits per heavy atom. The number of imidazole rings is 1. The van der Waals surface area contributed by atoms with Gasteiger partial charge in [0.2, 0.25) is 5.82 Å². The zero-order chi connectivity index (χ0) is 19.3. The van der Waals surface area contributed by atoms with E-state index in [1.165, 1.54) is 6.33 Å². The largest absolute Gasteiger partial charge is 0.465 e. The van der Waals surface area contributed by atoms with Crippen LogP contribution in [0.5, 0.6) is 0 Å². The highest BCUT2D eigenvalue weighted by Crippen LogP contribution is 2.44. The van der Waals surface area contributed by atoms with Crippen molar-refractivity contribution in [3.8, 4) is 6.07 Å². The molecule has 0 spiro atoms. The van der Waals surface area contributed by atoms with Crippen LogP contribution >= 0.6 is 12.6 Å². The Kier molecular flexibility index (Phi) is 4.19. The summed E-state index contributed by atoms with van der Waals surface area (Å²) in [6.07, 6.45) is -1.57. The smallest absolute Gasteiger partial charge is 0.410 e. The molecule has 2 aliphatic rings. The second-order valence-electron chi connectivity index (χ2n) is 6.57. The highest BCUT2D eigenvalue weighted by Gasteiger charge is 2.55. The predicted octanol–water partition coefficient (Wildman–Crippen LogP) is 1.14. The molecule has 2 aromatic rings. The van der Waals surface area contributed by atoms with Gasteiger partial charge in [-0.15, -0.1) is 0 Å². The summed E-state index contributed by atoms with van der Waals surface area (Å²) in [6.45, 7) is 3.63. The van der Waals surface area contributed by atoms with Gasteiger partial charge in [0.25, 0.3) is 0 Å². The van der Waals surface area contributed by atoms with Crippen molar-refractivity contribution in [3.05, 3.63) is 12.2 Å².